The summed E-state index contributed by atoms with van der Waals surface area (Å²) in [5, 5.41) is 14.3. The Labute approximate surface area is 134 Å². The van der Waals surface area contributed by atoms with Crippen molar-refractivity contribution in [3.05, 3.63) is 42.5 Å². The van der Waals surface area contributed by atoms with Crippen LogP contribution >= 0.6 is 0 Å². The molecule has 1 saturated heterocycles. The second kappa shape index (κ2) is 6.79. The van der Waals surface area contributed by atoms with Crippen molar-refractivity contribution in [2.45, 2.75) is 25.3 Å². The Morgan fingerprint density at radius 3 is 2.48 bits per heavy atom. The van der Waals surface area contributed by atoms with Gasteiger partial charge in [0.15, 0.2) is 0 Å². The number of anilines is 1. The molecule has 0 unspecified atom stereocenters. The maximum atomic E-state index is 12.2. The molecule has 0 spiro atoms. The van der Waals surface area contributed by atoms with Gasteiger partial charge in [-0.05, 0) is 48.8 Å². The summed E-state index contributed by atoms with van der Waals surface area (Å²) in [5.74, 6) is -1.19. The molecule has 1 fully saturated rings. The molecule has 3 rings (SSSR count). The van der Waals surface area contributed by atoms with Gasteiger partial charge in [-0.3, -0.25) is 14.5 Å². The number of benzene rings is 2. The van der Waals surface area contributed by atoms with Crippen molar-refractivity contribution < 1.29 is 14.7 Å². The molecule has 5 nitrogen and oxygen atoms in total. The van der Waals surface area contributed by atoms with Crippen LogP contribution in [0.1, 0.15) is 19.3 Å². The van der Waals surface area contributed by atoms with Crippen LogP contribution in [0.3, 0.4) is 0 Å². The summed E-state index contributed by atoms with van der Waals surface area (Å²) in [6.45, 7) is 1.50. The van der Waals surface area contributed by atoms with E-state index in [1.54, 1.807) is 0 Å². The fourth-order valence-electron chi connectivity index (χ4n) is 3.08. The van der Waals surface area contributed by atoms with Gasteiger partial charge in [-0.2, -0.15) is 0 Å². The van der Waals surface area contributed by atoms with E-state index >= 15 is 0 Å². The van der Waals surface area contributed by atoms with Gasteiger partial charge in [-0.15, -0.1) is 0 Å². The third-order valence-electron chi connectivity index (χ3n) is 4.28. The lowest BCUT2D eigenvalue weighted by atomic mass is 10.1. The molecular weight excluding hydrogens is 292 g/mol. The van der Waals surface area contributed by atoms with Gasteiger partial charge in [0.1, 0.15) is 6.04 Å². The van der Waals surface area contributed by atoms with E-state index in [0.29, 0.717) is 5.69 Å². The number of carbonyl (C=O) groups is 2. The second-order valence-electron chi connectivity index (χ2n) is 5.91. The summed E-state index contributed by atoms with van der Waals surface area (Å²) in [6, 6.07) is 12.9. The smallest absolute Gasteiger partial charge is 0.321 e. The van der Waals surface area contributed by atoms with Crippen molar-refractivity contribution in [3.8, 4) is 0 Å². The summed E-state index contributed by atoms with van der Waals surface area (Å²) >= 11 is 0. The number of carboxylic acid groups (broad SMARTS) is 1. The Morgan fingerprint density at radius 1 is 1.09 bits per heavy atom. The van der Waals surface area contributed by atoms with Crippen LogP contribution in [0.15, 0.2) is 42.5 Å². The predicted molar refractivity (Wildman–Crippen MR) is 89.4 cm³/mol. The van der Waals surface area contributed by atoms with Crippen LogP contribution in [0.2, 0.25) is 0 Å². The summed E-state index contributed by atoms with van der Waals surface area (Å²) in [5.41, 5.74) is 0.694. The lowest BCUT2D eigenvalue weighted by Gasteiger charge is -2.23. The summed E-state index contributed by atoms with van der Waals surface area (Å²) in [7, 11) is 0. The normalized spacial score (nSPS) is 16.3. The van der Waals surface area contributed by atoms with E-state index in [-0.39, 0.29) is 12.3 Å². The van der Waals surface area contributed by atoms with Crippen LogP contribution in [0.25, 0.3) is 10.8 Å². The van der Waals surface area contributed by atoms with Crippen molar-refractivity contribution in [3.63, 3.8) is 0 Å². The molecule has 1 amide bonds. The molecular formula is C18H20N2O3. The van der Waals surface area contributed by atoms with Gasteiger partial charge < -0.3 is 10.4 Å². The molecule has 1 aliphatic rings. The number of rotatable bonds is 5. The molecule has 120 valence electrons. The van der Waals surface area contributed by atoms with Crippen LogP contribution in [-0.2, 0) is 9.59 Å². The van der Waals surface area contributed by atoms with Gasteiger partial charge in [-0.25, -0.2) is 0 Å². The fraction of sp³-hybridized carbons (Fsp3) is 0.333. The zero-order chi connectivity index (χ0) is 16.2. The molecule has 2 aromatic rings. The third kappa shape index (κ3) is 3.68. The average Bonchev–Trinajstić information content (AvgIpc) is 3.06. The maximum absolute atomic E-state index is 12.2. The number of carbonyl (C=O) groups excluding carboxylic acids is 1. The van der Waals surface area contributed by atoms with Crippen molar-refractivity contribution >= 4 is 28.3 Å². The van der Waals surface area contributed by atoms with Crippen molar-refractivity contribution in [2.24, 2.45) is 0 Å². The Hall–Kier alpha value is -2.40. The van der Waals surface area contributed by atoms with Gasteiger partial charge in [0.05, 0.1) is 6.42 Å². The Bertz CT molecular complexity index is 723. The molecule has 1 heterocycles. The van der Waals surface area contributed by atoms with E-state index in [9.17, 15) is 14.7 Å². The third-order valence-corrected chi connectivity index (χ3v) is 4.28. The predicted octanol–water partition coefficient (Wildman–Crippen LogP) is 2.72. The SMILES string of the molecule is O=C(C[C@@H](C(=O)O)N1CCCC1)Nc1ccc2ccccc2c1. The molecule has 23 heavy (non-hydrogen) atoms. The molecule has 5 heteroatoms. The van der Waals surface area contributed by atoms with Crippen LogP contribution in [0.5, 0.6) is 0 Å². The highest BCUT2D eigenvalue weighted by Crippen LogP contribution is 2.20. The van der Waals surface area contributed by atoms with Crippen molar-refractivity contribution in [1.82, 2.24) is 4.90 Å². The zero-order valence-corrected chi connectivity index (χ0v) is 12.9. The van der Waals surface area contributed by atoms with Gasteiger partial charge in [0, 0.05) is 5.69 Å². The zero-order valence-electron chi connectivity index (χ0n) is 12.9. The fourth-order valence-corrected chi connectivity index (χ4v) is 3.08. The van der Waals surface area contributed by atoms with Crippen LogP contribution in [0, 0.1) is 0 Å². The number of likely N-dealkylation sites (tertiary alicyclic amines) is 1. The van der Waals surface area contributed by atoms with E-state index < -0.39 is 12.0 Å². The Kier molecular flexibility index (Phi) is 4.57. The summed E-state index contributed by atoms with van der Waals surface area (Å²) in [6.07, 6.45) is 1.97. The lowest BCUT2D eigenvalue weighted by molar-refractivity contribution is -0.144. The molecule has 2 aromatic carbocycles. The van der Waals surface area contributed by atoms with Crippen LogP contribution in [-0.4, -0.2) is 41.0 Å². The molecule has 1 atom stereocenters. The first kappa shape index (κ1) is 15.5. The number of nitrogens with one attached hydrogen (secondary N) is 1. The van der Waals surface area contributed by atoms with Gasteiger partial charge >= 0.3 is 5.97 Å². The Morgan fingerprint density at radius 2 is 1.78 bits per heavy atom. The highest BCUT2D eigenvalue weighted by Gasteiger charge is 2.29. The number of amides is 1. The maximum Gasteiger partial charge on any atom is 0.321 e. The first-order valence-electron chi connectivity index (χ1n) is 7.89. The van der Waals surface area contributed by atoms with Crippen LogP contribution in [0.4, 0.5) is 5.69 Å². The summed E-state index contributed by atoms with van der Waals surface area (Å²) in [4.78, 5) is 25.5. The van der Waals surface area contributed by atoms with E-state index in [4.69, 9.17) is 0 Å². The van der Waals surface area contributed by atoms with Gasteiger partial charge in [-0.1, -0.05) is 30.3 Å². The second-order valence-corrected chi connectivity index (χ2v) is 5.91. The van der Waals surface area contributed by atoms with Gasteiger partial charge in [0.2, 0.25) is 5.91 Å². The molecule has 0 radical (unpaired) electrons. The average molecular weight is 312 g/mol. The van der Waals surface area contributed by atoms with E-state index in [0.717, 1.165) is 36.7 Å². The largest absolute Gasteiger partial charge is 0.480 e. The summed E-state index contributed by atoms with van der Waals surface area (Å²) < 4.78 is 0. The highest BCUT2D eigenvalue weighted by atomic mass is 16.4. The molecule has 0 aliphatic carbocycles. The van der Waals surface area contributed by atoms with E-state index in [1.807, 2.05) is 47.4 Å². The minimum atomic E-state index is -0.930. The number of hydrogen-bond acceptors (Lipinski definition) is 3. The van der Waals surface area contributed by atoms with Crippen molar-refractivity contribution in [2.75, 3.05) is 18.4 Å². The number of hydrogen-bond donors (Lipinski definition) is 2. The van der Waals surface area contributed by atoms with Gasteiger partial charge in [0.25, 0.3) is 0 Å². The number of nitrogens with zero attached hydrogens (tertiary/aromatic N) is 1. The van der Waals surface area contributed by atoms with Crippen molar-refractivity contribution in [1.29, 1.82) is 0 Å². The highest BCUT2D eigenvalue weighted by molar-refractivity contribution is 5.96. The molecule has 2 N–H and O–H groups in total. The first-order valence-corrected chi connectivity index (χ1v) is 7.89. The van der Waals surface area contributed by atoms with Crippen LogP contribution < -0.4 is 5.32 Å². The lowest BCUT2D eigenvalue weighted by Crippen LogP contribution is -2.41. The minimum absolute atomic E-state index is 0.0256. The minimum Gasteiger partial charge on any atom is -0.480 e. The van der Waals surface area contributed by atoms with E-state index in [1.165, 1.54) is 0 Å². The van der Waals surface area contributed by atoms with E-state index in [2.05, 4.69) is 5.32 Å². The molecule has 0 saturated carbocycles. The number of aliphatic carboxylic acids is 1. The quantitative estimate of drug-likeness (QED) is 0.890. The molecule has 1 aliphatic heterocycles. The topological polar surface area (TPSA) is 69.6 Å². The molecule has 0 aromatic heterocycles. The Balaban J connectivity index is 1.68. The number of fused-ring (bicyclic) bond motifs is 1. The first-order chi connectivity index (χ1) is 11.1. The monoisotopic (exact) mass is 312 g/mol. The molecule has 0 bridgehead atoms. The standard InChI is InChI=1S/C18H20N2O3/c21-17(12-16(18(22)23)20-9-3-4-10-20)19-15-8-7-13-5-1-2-6-14(13)11-15/h1-2,5-8,11,16H,3-4,9-10,12H2,(H,19,21)(H,22,23)/t16-/m0/s1. The number of carboxylic acids is 1.